The van der Waals surface area contributed by atoms with E-state index in [9.17, 15) is 28.8 Å². The van der Waals surface area contributed by atoms with E-state index in [4.69, 9.17) is 17.5 Å². The molecule has 11 heteroatoms. The Labute approximate surface area is 192 Å². The molecule has 0 heterocycles. The van der Waals surface area contributed by atoms with E-state index in [0.29, 0.717) is 0 Å². The van der Waals surface area contributed by atoms with Gasteiger partial charge in [-0.15, -0.1) is 0 Å². The molecule has 182 valence electrons. The van der Waals surface area contributed by atoms with Crippen molar-refractivity contribution in [3.8, 4) is 0 Å². The van der Waals surface area contributed by atoms with Crippen molar-refractivity contribution in [2.45, 2.75) is 60.0 Å². The summed E-state index contributed by atoms with van der Waals surface area (Å²) in [6.45, 7) is 7.69. The number of ether oxygens (including phenoxy) is 3. The molecule has 0 fully saturated rings. The minimum atomic E-state index is -5.41. The van der Waals surface area contributed by atoms with Gasteiger partial charge in [0.05, 0.1) is 0 Å². The third kappa shape index (κ3) is 10.5. The van der Waals surface area contributed by atoms with Crippen LogP contribution < -0.4 is 0 Å². The van der Waals surface area contributed by atoms with Gasteiger partial charge in [0, 0.05) is 0 Å². The van der Waals surface area contributed by atoms with E-state index in [2.05, 4.69) is 0 Å². The Kier molecular flexibility index (Phi) is 15.5. The first-order chi connectivity index (χ1) is 15.0. The third-order valence-corrected chi connectivity index (χ3v) is 9.86. The van der Waals surface area contributed by atoms with Crippen molar-refractivity contribution in [1.82, 2.24) is 0 Å². The molecule has 0 rings (SSSR count). The van der Waals surface area contributed by atoms with Crippen molar-refractivity contribution in [2.24, 2.45) is 0 Å². The van der Waals surface area contributed by atoms with Crippen LogP contribution in [0, 0.1) is 0 Å². The predicted molar refractivity (Wildman–Crippen MR) is 110 cm³/mol. The normalized spacial score (nSPS) is 11.4. The molecule has 0 spiro atoms. The minimum absolute atomic E-state index is 0.241. The summed E-state index contributed by atoms with van der Waals surface area (Å²) in [4.78, 5) is 76.1. The van der Waals surface area contributed by atoms with Gasteiger partial charge in [-0.05, 0) is 0 Å². The van der Waals surface area contributed by atoms with Gasteiger partial charge in [-0.1, -0.05) is 0 Å². The van der Waals surface area contributed by atoms with Crippen LogP contribution in [-0.2, 0) is 63.3 Å². The molecule has 0 aliphatic rings. The van der Waals surface area contributed by atoms with E-state index in [1.807, 2.05) is 0 Å². The van der Waals surface area contributed by atoms with Crippen LogP contribution in [0.1, 0.15) is 53.9 Å². The molecule has 0 saturated heterocycles. The Hall–Kier alpha value is -1.43. The van der Waals surface area contributed by atoms with Gasteiger partial charge in [0.2, 0.25) is 0 Å². The molecule has 0 aromatic rings. The van der Waals surface area contributed by atoms with Crippen molar-refractivity contribution >= 4 is 29.6 Å². The predicted octanol–water partition coefficient (Wildman–Crippen LogP) is 1.05. The van der Waals surface area contributed by atoms with Crippen LogP contribution in [0.3, 0.4) is 0 Å². The van der Waals surface area contributed by atoms with Crippen LogP contribution in [0.5, 0.6) is 0 Å². The number of hydrogen-bond acceptors (Lipinski definition) is 10. The van der Waals surface area contributed by atoms with Crippen LogP contribution in [0.4, 0.5) is 0 Å². The number of hydrogen-bond donors (Lipinski definition) is 0. The van der Waals surface area contributed by atoms with Gasteiger partial charge in [0.1, 0.15) is 0 Å². The zero-order valence-corrected chi connectivity index (χ0v) is 21.1. The van der Waals surface area contributed by atoms with Gasteiger partial charge in [0.25, 0.3) is 0 Å². The molecular weight excluding hydrogens is 460 g/mol. The fraction of sp³-hybridized carbons (Fsp3) is 0.714. The molecule has 0 aliphatic heterocycles. The molecule has 0 bridgehead atoms. The summed E-state index contributed by atoms with van der Waals surface area (Å²) in [5.74, 6) is -1.87. The molecule has 0 N–H and O–H groups in total. The summed E-state index contributed by atoms with van der Waals surface area (Å²) in [7, 11) is 0. The molecular formula is C21H34O10Ti. The average Bonchev–Trinajstić information content (AvgIpc) is 2.72. The molecule has 0 unspecified atom stereocenters. The monoisotopic (exact) mass is 494 g/mol. The molecule has 0 aliphatic carbocycles. The van der Waals surface area contributed by atoms with E-state index >= 15 is 0 Å². The second kappa shape index (κ2) is 16.2. The Morgan fingerprint density at radius 3 is 1.09 bits per heavy atom. The number of Topliss-reactive ketones (excluding diaryl/α,β-unsaturated/α-hetero) is 3. The quantitative estimate of drug-likeness (QED) is 0.178. The maximum absolute atomic E-state index is 13.2. The van der Waals surface area contributed by atoms with Gasteiger partial charge in [0.15, 0.2) is 0 Å². The summed E-state index contributed by atoms with van der Waals surface area (Å²) < 4.78 is 17.8. The summed E-state index contributed by atoms with van der Waals surface area (Å²) in [6, 6.07) is 0. The fourth-order valence-corrected chi connectivity index (χ4v) is 8.00. The van der Waals surface area contributed by atoms with Crippen molar-refractivity contribution < 1.29 is 63.3 Å². The van der Waals surface area contributed by atoms with Crippen LogP contribution >= 0.6 is 0 Å². The van der Waals surface area contributed by atoms with Crippen LogP contribution in [0.15, 0.2) is 0 Å². The van der Waals surface area contributed by atoms with E-state index in [1.165, 1.54) is 13.8 Å². The first-order valence-electron chi connectivity index (χ1n) is 10.6. The Bertz CT molecular complexity index is 602. The van der Waals surface area contributed by atoms with Crippen LogP contribution in [0.2, 0.25) is 0 Å². The molecule has 0 amide bonds. The van der Waals surface area contributed by atoms with E-state index in [-0.39, 0.29) is 39.6 Å². The fourth-order valence-electron chi connectivity index (χ4n) is 2.73. The molecule has 0 radical (unpaired) electrons. The Balaban J connectivity index is 6.05. The summed E-state index contributed by atoms with van der Waals surface area (Å²) in [5.41, 5.74) is 0. The van der Waals surface area contributed by atoms with E-state index in [0.717, 1.165) is 0 Å². The molecule has 10 nitrogen and oxygen atoms in total. The zero-order chi connectivity index (χ0) is 24.7. The van der Waals surface area contributed by atoms with E-state index in [1.54, 1.807) is 20.8 Å². The van der Waals surface area contributed by atoms with Gasteiger partial charge in [-0.2, -0.15) is 0 Å². The second-order valence-electron chi connectivity index (χ2n) is 7.18. The topological polar surface area (TPSA) is 139 Å². The first-order valence-corrected chi connectivity index (χ1v) is 13.6. The van der Waals surface area contributed by atoms with E-state index < -0.39 is 72.0 Å². The number of ketones is 3. The molecule has 0 saturated carbocycles. The van der Waals surface area contributed by atoms with Crippen molar-refractivity contribution in [3.05, 3.63) is 0 Å². The zero-order valence-electron chi connectivity index (χ0n) is 19.5. The molecule has 0 aromatic carbocycles. The van der Waals surface area contributed by atoms with Crippen molar-refractivity contribution in [1.29, 1.82) is 0 Å². The van der Waals surface area contributed by atoms with Gasteiger partial charge in [-0.25, -0.2) is 0 Å². The first kappa shape index (κ1) is 30.6. The average molecular weight is 494 g/mol. The Morgan fingerprint density at radius 2 is 0.875 bits per heavy atom. The third-order valence-electron chi connectivity index (χ3n) is 4.07. The SMILES string of the molecule is CCOCC(=O)C[C](=O)[Ti]([O]C(C)C)([C](=O)CC(=O)COCC)[C](=O)CC(=O)COCC. The second-order valence-corrected chi connectivity index (χ2v) is 12.3. The van der Waals surface area contributed by atoms with Gasteiger partial charge in [-0.3, -0.25) is 0 Å². The molecule has 32 heavy (non-hydrogen) atoms. The summed E-state index contributed by atoms with van der Waals surface area (Å²) in [5, 5.41) is 0. The summed E-state index contributed by atoms with van der Waals surface area (Å²) in [6.07, 6.45) is -2.96. The maximum atomic E-state index is 13.2. The molecule has 0 atom stereocenters. The van der Waals surface area contributed by atoms with Crippen molar-refractivity contribution in [2.75, 3.05) is 39.6 Å². The van der Waals surface area contributed by atoms with Crippen LogP contribution in [0.25, 0.3) is 0 Å². The number of rotatable bonds is 20. The molecule has 0 aromatic heterocycles. The van der Waals surface area contributed by atoms with Crippen LogP contribution in [-0.4, -0.2) is 75.4 Å². The van der Waals surface area contributed by atoms with Gasteiger partial charge < -0.3 is 0 Å². The van der Waals surface area contributed by atoms with Crippen molar-refractivity contribution in [3.63, 3.8) is 0 Å². The summed E-state index contributed by atoms with van der Waals surface area (Å²) >= 11 is -5.41. The number of carbonyl (C=O) groups excluding carboxylic acids is 6. The Morgan fingerprint density at radius 1 is 0.594 bits per heavy atom. The standard InChI is InChI=1S/3C6H9O3.C3H7O.Ti/c3*1-2-9-5-6(8)3-4-7;1-3(2)4;/h3*2-3,5H2,1H3;3H,1-2H3;/q;;;-1;+1. The van der Waals surface area contributed by atoms with Gasteiger partial charge >= 0.3 is 193 Å². The number of carbonyl (C=O) groups is 6.